The van der Waals surface area contributed by atoms with Crippen LogP contribution >= 0.6 is 11.6 Å². The first-order chi connectivity index (χ1) is 9.60. The largest absolute Gasteiger partial charge is 0.466 e. The van der Waals surface area contributed by atoms with Crippen molar-refractivity contribution in [2.24, 2.45) is 0 Å². The van der Waals surface area contributed by atoms with E-state index < -0.39 is 0 Å². The van der Waals surface area contributed by atoms with Crippen LogP contribution in [0.1, 0.15) is 37.8 Å². The third-order valence-corrected chi connectivity index (χ3v) is 3.73. The van der Waals surface area contributed by atoms with Crippen LogP contribution in [0.4, 0.5) is 4.39 Å². The first-order valence-corrected chi connectivity index (χ1v) is 7.33. The van der Waals surface area contributed by atoms with Gasteiger partial charge in [-0.1, -0.05) is 11.6 Å². The van der Waals surface area contributed by atoms with Gasteiger partial charge >= 0.3 is 5.97 Å². The molecule has 1 unspecified atom stereocenters. The number of hydrogen-bond acceptors (Lipinski definition) is 3. The van der Waals surface area contributed by atoms with Crippen molar-refractivity contribution in [3.8, 4) is 0 Å². The Balaban J connectivity index is 2.22. The number of carbonyl (C=O) groups excluding carboxylic acids is 1. The highest BCUT2D eigenvalue weighted by Gasteiger charge is 2.26. The van der Waals surface area contributed by atoms with Crippen molar-refractivity contribution < 1.29 is 13.9 Å². The lowest BCUT2D eigenvalue weighted by Crippen LogP contribution is -2.28. The number of carbonyl (C=O) groups is 1. The molecule has 5 heteroatoms. The molecule has 110 valence electrons. The predicted octanol–water partition coefficient (Wildman–Crippen LogP) is 3.57. The fraction of sp³-hybridized carbons (Fsp3) is 0.533. The molecule has 0 aliphatic carbocycles. The molecule has 0 spiro atoms. The monoisotopic (exact) mass is 299 g/mol. The Hall–Kier alpha value is -1.13. The molecule has 0 bridgehead atoms. The van der Waals surface area contributed by atoms with E-state index in [9.17, 15) is 9.18 Å². The summed E-state index contributed by atoms with van der Waals surface area (Å²) in [6.45, 7) is 3.97. The highest BCUT2D eigenvalue weighted by atomic mass is 35.5. The number of hydrogen-bond donors (Lipinski definition) is 0. The molecule has 0 radical (unpaired) electrons. The number of benzene rings is 1. The summed E-state index contributed by atoms with van der Waals surface area (Å²) in [6, 6.07) is 4.29. The number of rotatable bonds is 5. The number of ether oxygens (including phenoxy) is 1. The van der Waals surface area contributed by atoms with E-state index in [0.717, 1.165) is 31.5 Å². The minimum absolute atomic E-state index is 0.162. The van der Waals surface area contributed by atoms with Gasteiger partial charge in [0.2, 0.25) is 0 Å². The van der Waals surface area contributed by atoms with Gasteiger partial charge in [0.25, 0.3) is 0 Å². The Morgan fingerprint density at radius 3 is 2.70 bits per heavy atom. The zero-order valence-electron chi connectivity index (χ0n) is 11.6. The minimum atomic E-state index is -0.374. The fourth-order valence-electron chi connectivity index (χ4n) is 2.66. The third-order valence-electron chi connectivity index (χ3n) is 3.52. The maximum atomic E-state index is 13.5. The summed E-state index contributed by atoms with van der Waals surface area (Å²) >= 11 is 5.92. The molecular formula is C15H19ClFNO2. The Morgan fingerprint density at radius 2 is 2.10 bits per heavy atom. The van der Waals surface area contributed by atoms with Crippen molar-refractivity contribution in [3.05, 3.63) is 34.6 Å². The van der Waals surface area contributed by atoms with Crippen LogP contribution in [0.5, 0.6) is 0 Å². The molecule has 3 nitrogen and oxygen atoms in total. The molecule has 1 aliphatic heterocycles. The van der Waals surface area contributed by atoms with Crippen molar-refractivity contribution in [1.82, 2.24) is 4.90 Å². The van der Waals surface area contributed by atoms with Crippen molar-refractivity contribution in [2.75, 3.05) is 19.7 Å². The van der Waals surface area contributed by atoms with Crippen molar-refractivity contribution in [3.63, 3.8) is 0 Å². The average molecular weight is 300 g/mol. The molecule has 0 amide bonds. The van der Waals surface area contributed by atoms with Gasteiger partial charge in [-0.15, -0.1) is 0 Å². The molecule has 0 saturated carbocycles. The van der Waals surface area contributed by atoms with E-state index in [4.69, 9.17) is 16.3 Å². The SMILES string of the molecule is CCOC(=O)CC(c1cc(F)cc(Cl)c1)N1CCCC1. The quantitative estimate of drug-likeness (QED) is 0.779. The molecule has 1 heterocycles. The minimum Gasteiger partial charge on any atom is -0.466 e. The molecule has 1 fully saturated rings. The third kappa shape index (κ3) is 3.93. The predicted molar refractivity (Wildman–Crippen MR) is 76.2 cm³/mol. The van der Waals surface area contributed by atoms with Gasteiger partial charge in [-0.05, 0) is 56.6 Å². The Labute approximate surface area is 123 Å². The van der Waals surface area contributed by atoms with Crippen LogP contribution in [0.2, 0.25) is 5.02 Å². The topological polar surface area (TPSA) is 29.5 Å². The standard InChI is InChI=1S/C15H19ClFNO2/c1-2-20-15(19)10-14(18-5-3-4-6-18)11-7-12(16)9-13(17)8-11/h7-9,14H,2-6,10H2,1H3. The van der Waals surface area contributed by atoms with Crippen molar-refractivity contribution >= 4 is 17.6 Å². The van der Waals surface area contributed by atoms with E-state index in [0.29, 0.717) is 11.6 Å². The second-order valence-corrected chi connectivity index (χ2v) is 5.41. The first kappa shape index (κ1) is 15.3. The van der Waals surface area contributed by atoms with E-state index >= 15 is 0 Å². The molecule has 1 aromatic carbocycles. The van der Waals surface area contributed by atoms with Gasteiger partial charge < -0.3 is 4.74 Å². The van der Waals surface area contributed by atoms with Gasteiger partial charge in [0.05, 0.1) is 13.0 Å². The van der Waals surface area contributed by atoms with Crippen LogP contribution in [0, 0.1) is 5.82 Å². The van der Waals surface area contributed by atoms with Gasteiger partial charge in [-0.2, -0.15) is 0 Å². The second-order valence-electron chi connectivity index (χ2n) is 4.97. The number of likely N-dealkylation sites (tertiary alicyclic amines) is 1. The summed E-state index contributed by atoms with van der Waals surface area (Å²) in [4.78, 5) is 14.0. The molecule has 0 N–H and O–H groups in total. The Morgan fingerprint density at radius 1 is 1.40 bits per heavy atom. The Bertz CT molecular complexity index is 455. The normalized spacial score (nSPS) is 17.1. The van der Waals surface area contributed by atoms with Gasteiger partial charge in [0.1, 0.15) is 5.82 Å². The molecule has 20 heavy (non-hydrogen) atoms. The summed E-state index contributed by atoms with van der Waals surface area (Å²) in [5.74, 6) is -0.634. The van der Waals surface area contributed by atoms with Crippen LogP contribution in [-0.2, 0) is 9.53 Å². The fourth-order valence-corrected chi connectivity index (χ4v) is 2.89. The summed E-state index contributed by atoms with van der Waals surface area (Å²) in [5, 5.41) is 0.355. The number of halogens is 2. The van der Waals surface area contributed by atoms with E-state index in [1.807, 2.05) is 0 Å². The molecule has 2 rings (SSSR count). The summed E-state index contributed by atoms with van der Waals surface area (Å²) in [5.41, 5.74) is 0.741. The Kier molecular flexibility index (Phi) is 5.38. The van der Waals surface area contributed by atoms with Gasteiger partial charge in [-0.3, -0.25) is 9.69 Å². The molecular weight excluding hydrogens is 281 g/mol. The number of nitrogens with zero attached hydrogens (tertiary/aromatic N) is 1. The molecule has 0 aromatic heterocycles. The summed E-state index contributed by atoms with van der Waals surface area (Å²) in [6.07, 6.45) is 2.43. The lowest BCUT2D eigenvalue weighted by molar-refractivity contribution is -0.144. The van der Waals surface area contributed by atoms with Gasteiger partial charge in [0, 0.05) is 11.1 Å². The van der Waals surface area contributed by atoms with Gasteiger partial charge in [-0.25, -0.2) is 4.39 Å². The molecule has 1 aliphatic rings. The summed E-state index contributed by atoms with van der Waals surface area (Å²) < 4.78 is 18.6. The molecule has 1 saturated heterocycles. The van der Waals surface area contributed by atoms with E-state index in [-0.39, 0.29) is 24.2 Å². The van der Waals surface area contributed by atoms with Crippen LogP contribution in [0.25, 0.3) is 0 Å². The highest BCUT2D eigenvalue weighted by molar-refractivity contribution is 6.30. The van der Waals surface area contributed by atoms with E-state index in [1.54, 1.807) is 13.0 Å². The van der Waals surface area contributed by atoms with Crippen molar-refractivity contribution in [1.29, 1.82) is 0 Å². The molecule has 1 aromatic rings. The van der Waals surface area contributed by atoms with Crippen LogP contribution in [-0.4, -0.2) is 30.6 Å². The lowest BCUT2D eigenvalue weighted by Gasteiger charge is -2.27. The zero-order valence-corrected chi connectivity index (χ0v) is 12.3. The number of esters is 1. The highest BCUT2D eigenvalue weighted by Crippen LogP contribution is 2.30. The van der Waals surface area contributed by atoms with E-state index in [2.05, 4.69) is 4.90 Å². The smallest absolute Gasteiger partial charge is 0.307 e. The zero-order chi connectivity index (χ0) is 14.5. The van der Waals surface area contributed by atoms with Crippen molar-refractivity contribution in [2.45, 2.75) is 32.2 Å². The molecule has 1 atom stereocenters. The maximum absolute atomic E-state index is 13.5. The second kappa shape index (κ2) is 7.04. The average Bonchev–Trinajstić information content (AvgIpc) is 2.88. The van der Waals surface area contributed by atoms with E-state index in [1.165, 1.54) is 12.1 Å². The first-order valence-electron chi connectivity index (χ1n) is 6.96. The maximum Gasteiger partial charge on any atom is 0.307 e. The van der Waals surface area contributed by atoms with Gasteiger partial charge in [0.15, 0.2) is 0 Å². The summed E-state index contributed by atoms with van der Waals surface area (Å²) in [7, 11) is 0. The van der Waals surface area contributed by atoms with Crippen LogP contribution in [0.3, 0.4) is 0 Å². The van der Waals surface area contributed by atoms with Crippen LogP contribution < -0.4 is 0 Å². The lowest BCUT2D eigenvalue weighted by atomic mass is 10.0. The van der Waals surface area contributed by atoms with Crippen LogP contribution in [0.15, 0.2) is 18.2 Å².